The van der Waals surface area contributed by atoms with Crippen molar-refractivity contribution >= 4 is 65.4 Å². The molecule has 0 unspecified atom stereocenters. The molecule has 0 aliphatic carbocycles. The first-order valence-electron chi connectivity index (χ1n) is 45.5. The third-order valence-corrected chi connectivity index (χ3v) is 23.8. The minimum absolute atomic E-state index is 0. The molecule has 9 nitrogen and oxygen atoms in total. The second-order valence-electron chi connectivity index (χ2n) is 35.3. The van der Waals surface area contributed by atoms with Crippen LogP contribution >= 0.6 is 0 Å². The number of para-hydroxylation sites is 3. The molecule has 3 radical (unpaired) electrons. The largest absolute Gasteiger partial charge is 0.380 e. The Morgan fingerprint density at radius 2 is 0.600 bits per heavy atom. The Kier molecular flexibility index (Phi) is 33.7. The normalized spacial score (nSPS) is 10.9. The number of benzene rings is 12. The van der Waals surface area contributed by atoms with Gasteiger partial charge in [0.15, 0.2) is 0 Å². The standard InChI is InChI=1S/3C22H21N2.3C19H16N.3Ir/c1-15(2)14-24-21-10-5-4-7-17(21)18-8-6-9-19(22(18)24)20-13-16(3)11-12-23-20;1-15(2)14-24-21-7-5-4-6-18(21)19-13-17(8-9-22(19)24)20-12-16(3)10-11-23-20;1-15(2)14-24-21-7-5-4-6-18(21)19-9-8-17(13-22(19)24)20-12-16(3)10-11-23-20;3*1-14-8-6-7-11-17(14)19-12-15(2)18(13-20-19)16-9-4-3-5-10-16;;;/h4-8,10-13,15H,14H2,1-3H3;2*4-7,9-13,15H,14H2,1-3H3;3*3-13H,1H2,2H3;;;/q6*-1;;;. The van der Waals surface area contributed by atoms with Crippen molar-refractivity contribution in [2.45, 2.75) is 103 Å². The van der Waals surface area contributed by atoms with E-state index in [1.165, 1.54) is 132 Å². The molecule has 0 bridgehead atoms. The van der Waals surface area contributed by atoms with Crippen molar-refractivity contribution in [3.05, 3.63) is 454 Å². The molecule has 21 rings (SSSR count). The number of aromatic nitrogens is 9. The van der Waals surface area contributed by atoms with E-state index in [-0.39, 0.29) is 60.3 Å². The summed E-state index contributed by atoms with van der Waals surface area (Å²) in [6, 6.07) is 123. The molecule has 9 heterocycles. The molecule has 0 N–H and O–H groups in total. The van der Waals surface area contributed by atoms with Crippen molar-refractivity contribution in [3.63, 3.8) is 0 Å². The van der Waals surface area contributed by atoms with E-state index in [2.05, 4.69) is 360 Å². The van der Waals surface area contributed by atoms with Gasteiger partial charge in [-0.15, -0.1) is 124 Å². The minimum atomic E-state index is 0. The van der Waals surface area contributed by atoms with Crippen LogP contribution in [0.2, 0.25) is 0 Å². The first-order valence-corrected chi connectivity index (χ1v) is 45.5. The molecular weight excluding hydrogens is 2180 g/mol. The predicted molar refractivity (Wildman–Crippen MR) is 556 cm³/mol. The van der Waals surface area contributed by atoms with Crippen molar-refractivity contribution in [1.82, 2.24) is 43.6 Å². The van der Waals surface area contributed by atoms with Gasteiger partial charge in [0.1, 0.15) is 0 Å². The van der Waals surface area contributed by atoms with Crippen molar-refractivity contribution in [2.24, 2.45) is 17.8 Å². The summed E-state index contributed by atoms with van der Waals surface area (Å²) in [5.74, 6) is 1.76. The van der Waals surface area contributed by atoms with Gasteiger partial charge in [0.05, 0.1) is 0 Å². The summed E-state index contributed by atoms with van der Waals surface area (Å²) in [6.07, 6.45) is 11.5. The van der Waals surface area contributed by atoms with Gasteiger partial charge in [0, 0.05) is 167 Å². The smallest absolute Gasteiger partial charge is 0.0391 e. The molecule has 21 aromatic rings. The monoisotopic (exact) mass is 2290 g/mol. The van der Waals surface area contributed by atoms with Crippen LogP contribution in [-0.2, 0) is 80.0 Å². The SMILES string of the molecule is Cc1ccnc(-c2[c-]cc3c(c2)c2ccccc2n3CC(C)C)c1.Cc1ccnc(-c2[c-]cc3c4ccccc4n(CC(C)C)c3c2)c1.Cc1ccnc(-c2[c-]ccc3c4ccccc4n(CC(C)C)c23)c1.[CH2-]c1ccccc1-c1cc(C)c(-c2ccccc2)cn1.[CH2-]c1ccccc1-c1cc(C)c(-c2ccccc2)cn1.[CH2-]c1ccccc1-c1cc(C)c(-c2ccccc2)cn1.[Ir].[Ir].[Ir]. The van der Waals surface area contributed by atoms with Gasteiger partial charge in [-0.1, -0.05) is 256 Å². The minimum Gasteiger partial charge on any atom is -0.380 e. The van der Waals surface area contributed by atoms with Crippen molar-refractivity contribution in [2.75, 3.05) is 0 Å². The summed E-state index contributed by atoms with van der Waals surface area (Å²) in [6.45, 7) is 41.4. The van der Waals surface area contributed by atoms with Gasteiger partial charge in [0.25, 0.3) is 0 Å². The van der Waals surface area contributed by atoms with E-state index >= 15 is 0 Å². The third-order valence-electron chi connectivity index (χ3n) is 23.8. The Morgan fingerprint density at radius 1 is 0.267 bits per heavy atom. The van der Waals surface area contributed by atoms with E-state index in [0.29, 0.717) is 17.8 Å². The molecule has 12 aromatic carbocycles. The summed E-state index contributed by atoms with van der Waals surface area (Å²) in [5, 5.41) is 7.73. The predicted octanol–water partition coefficient (Wildman–Crippen LogP) is 31.6. The average Bonchev–Trinajstić information content (AvgIpc) is 1.59. The van der Waals surface area contributed by atoms with Crippen LogP contribution in [0.1, 0.15) is 91.6 Å². The van der Waals surface area contributed by atoms with Gasteiger partial charge in [-0.05, 0) is 197 Å². The molecule has 681 valence electrons. The molecule has 0 saturated carbocycles. The molecule has 0 fully saturated rings. The van der Waals surface area contributed by atoms with E-state index in [4.69, 9.17) is 0 Å². The maximum atomic E-state index is 4.61. The molecule has 0 spiro atoms. The van der Waals surface area contributed by atoms with Gasteiger partial charge in [-0.2, -0.15) is 55.7 Å². The van der Waals surface area contributed by atoms with E-state index in [9.17, 15) is 0 Å². The first-order chi connectivity index (χ1) is 64.2. The Labute approximate surface area is 837 Å². The van der Waals surface area contributed by atoms with Crippen LogP contribution in [-0.4, -0.2) is 43.6 Å². The van der Waals surface area contributed by atoms with Gasteiger partial charge in [-0.3, -0.25) is 15.0 Å². The second-order valence-corrected chi connectivity index (χ2v) is 35.3. The molecule has 0 aliphatic heterocycles. The molecule has 9 aromatic heterocycles. The average molecular weight is 2290 g/mol. The van der Waals surface area contributed by atoms with E-state index in [0.717, 1.165) is 104 Å². The van der Waals surface area contributed by atoms with Crippen LogP contribution in [0.15, 0.2) is 365 Å². The Bertz CT molecular complexity index is 7270. The van der Waals surface area contributed by atoms with Crippen LogP contribution in [0.4, 0.5) is 0 Å². The fourth-order valence-corrected chi connectivity index (χ4v) is 17.4. The number of pyridine rings is 6. The van der Waals surface area contributed by atoms with Crippen molar-refractivity contribution < 1.29 is 60.3 Å². The summed E-state index contributed by atoms with van der Waals surface area (Å²) in [4.78, 5) is 27.5. The van der Waals surface area contributed by atoms with Crippen LogP contribution in [0.25, 0.3) is 166 Å². The van der Waals surface area contributed by atoms with Crippen LogP contribution in [0.5, 0.6) is 0 Å². The van der Waals surface area contributed by atoms with Gasteiger partial charge in [0.2, 0.25) is 0 Å². The van der Waals surface area contributed by atoms with Crippen LogP contribution in [0, 0.1) is 98.3 Å². The van der Waals surface area contributed by atoms with Crippen LogP contribution < -0.4 is 0 Å². The molecular formula is C123H111Ir3N9-6. The van der Waals surface area contributed by atoms with Gasteiger partial charge >= 0.3 is 0 Å². The Hall–Kier alpha value is -13.5. The fourth-order valence-electron chi connectivity index (χ4n) is 17.4. The number of fused-ring (bicyclic) bond motifs is 9. The summed E-state index contributed by atoms with van der Waals surface area (Å²) >= 11 is 0. The van der Waals surface area contributed by atoms with Gasteiger partial charge < -0.3 is 28.7 Å². The number of hydrogen-bond acceptors (Lipinski definition) is 6. The van der Waals surface area contributed by atoms with E-state index in [1.807, 2.05) is 171 Å². The maximum absolute atomic E-state index is 4.61. The van der Waals surface area contributed by atoms with Crippen LogP contribution in [0.3, 0.4) is 0 Å². The molecule has 135 heavy (non-hydrogen) atoms. The van der Waals surface area contributed by atoms with Gasteiger partial charge in [-0.25, -0.2) is 0 Å². The number of rotatable bonds is 15. The summed E-state index contributed by atoms with van der Waals surface area (Å²) in [5.41, 5.74) is 37.5. The van der Waals surface area contributed by atoms with E-state index < -0.39 is 0 Å². The maximum Gasteiger partial charge on any atom is 0.0391 e. The van der Waals surface area contributed by atoms with Crippen molar-refractivity contribution in [1.29, 1.82) is 0 Å². The number of hydrogen-bond donors (Lipinski definition) is 0. The zero-order valence-electron chi connectivity index (χ0n) is 78.6. The summed E-state index contributed by atoms with van der Waals surface area (Å²) in [7, 11) is 0. The molecule has 0 saturated heterocycles. The molecule has 0 aliphatic rings. The zero-order valence-corrected chi connectivity index (χ0v) is 85.8. The van der Waals surface area contributed by atoms with E-state index in [1.54, 1.807) is 0 Å². The second kappa shape index (κ2) is 46.0. The third kappa shape index (κ3) is 23.3. The first kappa shape index (κ1) is 99.0. The quantitative estimate of drug-likeness (QED) is 0.0950. The molecule has 0 atom stereocenters. The topological polar surface area (TPSA) is 92.1 Å². The molecule has 0 amide bonds. The fraction of sp³-hybridized carbons (Fsp3) is 0.146. The number of nitrogens with zero attached hydrogens (tertiary/aromatic N) is 9. The zero-order chi connectivity index (χ0) is 91.9. The Balaban J connectivity index is 0.000000137. The Morgan fingerprint density at radius 3 is 1.00 bits per heavy atom. The molecule has 12 heteroatoms. The summed E-state index contributed by atoms with van der Waals surface area (Å²) < 4.78 is 7.28. The number of aryl methyl sites for hydroxylation is 6. The van der Waals surface area contributed by atoms with Crippen molar-refractivity contribution in [3.8, 4) is 101 Å².